The lowest BCUT2D eigenvalue weighted by atomic mass is 10.1. The molecule has 0 saturated carbocycles. The number of likely N-dealkylation sites (tertiary alicyclic amines) is 1. The molecule has 0 aliphatic carbocycles. The summed E-state index contributed by atoms with van der Waals surface area (Å²) in [6, 6.07) is 8.95. The lowest BCUT2D eigenvalue weighted by molar-refractivity contribution is 0.352. The minimum atomic E-state index is 0.851. The van der Waals surface area contributed by atoms with Crippen molar-refractivity contribution in [3.05, 3.63) is 47.7 Å². The Labute approximate surface area is 118 Å². The Morgan fingerprint density at radius 3 is 2.58 bits per heavy atom. The van der Waals surface area contributed by atoms with Crippen molar-refractivity contribution in [2.24, 2.45) is 5.92 Å². The quantitative estimate of drug-likeness (QED) is 0.675. The van der Waals surface area contributed by atoms with Crippen molar-refractivity contribution in [3.8, 4) is 0 Å². The maximum atomic E-state index is 4.21. The van der Waals surface area contributed by atoms with Crippen molar-refractivity contribution in [2.45, 2.75) is 46.0 Å². The van der Waals surface area contributed by atoms with Crippen molar-refractivity contribution in [3.63, 3.8) is 0 Å². The van der Waals surface area contributed by atoms with Gasteiger partial charge in [-0.2, -0.15) is 0 Å². The molecule has 0 N–H and O–H groups in total. The summed E-state index contributed by atoms with van der Waals surface area (Å²) in [6.45, 7) is 11.1. The van der Waals surface area contributed by atoms with Gasteiger partial charge in [-0.3, -0.25) is 0 Å². The molecule has 1 atom stereocenters. The first-order valence-electron chi connectivity index (χ1n) is 7.67. The summed E-state index contributed by atoms with van der Waals surface area (Å²) in [5, 5.41) is 0. The highest BCUT2D eigenvalue weighted by molar-refractivity contribution is 5.21. The van der Waals surface area contributed by atoms with Crippen LogP contribution in [0.15, 0.2) is 36.5 Å². The third-order valence-electron chi connectivity index (χ3n) is 4.29. The topological polar surface area (TPSA) is 3.24 Å². The van der Waals surface area contributed by atoms with Gasteiger partial charge in [0.1, 0.15) is 0 Å². The number of allylic oxidation sites excluding steroid dienone is 1. The molecule has 0 amide bonds. The second-order valence-electron chi connectivity index (χ2n) is 5.93. The highest BCUT2D eigenvalue weighted by Crippen LogP contribution is 2.27. The number of hydrogen-bond acceptors (Lipinski definition) is 1. The van der Waals surface area contributed by atoms with Gasteiger partial charge in [-0.05, 0) is 44.1 Å². The van der Waals surface area contributed by atoms with Crippen LogP contribution < -0.4 is 0 Å². The SMILES string of the molecule is C=C1CC(CC)CN1CCCCc1ccc(C)cc1. The monoisotopic (exact) mass is 257 g/mol. The van der Waals surface area contributed by atoms with Gasteiger partial charge in [0.05, 0.1) is 0 Å². The number of nitrogens with zero attached hydrogens (tertiary/aromatic N) is 1. The van der Waals surface area contributed by atoms with E-state index in [2.05, 4.69) is 49.6 Å². The summed E-state index contributed by atoms with van der Waals surface area (Å²) in [7, 11) is 0. The lowest BCUT2D eigenvalue weighted by Crippen LogP contribution is -2.20. The van der Waals surface area contributed by atoms with Crippen LogP contribution in [0.2, 0.25) is 0 Å². The summed E-state index contributed by atoms with van der Waals surface area (Å²) in [6.07, 6.45) is 6.28. The smallest absolute Gasteiger partial charge is 0.0206 e. The molecule has 1 nitrogen and oxygen atoms in total. The first-order valence-corrected chi connectivity index (χ1v) is 7.67. The Bertz CT molecular complexity index is 404. The third kappa shape index (κ3) is 4.12. The maximum absolute atomic E-state index is 4.21. The van der Waals surface area contributed by atoms with Gasteiger partial charge < -0.3 is 4.90 Å². The average molecular weight is 257 g/mol. The summed E-state index contributed by atoms with van der Waals surface area (Å²) < 4.78 is 0. The second-order valence-corrected chi connectivity index (χ2v) is 5.93. The molecule has 2 rings (SSSR count). The van der Waals surface area contributed by atoms with Crippen molar-refractivity contribution >= 4 is 0 Å². The summed E-state index contributed by atoms with van der Waals surface area (Å²) >= 11 is 0. The Balaban J connectivity index is 1.67. The first kappa shape index (κ1) is 14.2. The van der Waals surface area contributed by atoms with E-state index in [1.807, 2.05) is 0 Å². The van der Waals surface area contributed by atoms with Crippen molar-refractivity contribution in [1.29, 1.82) is 0 Å². The van der Waals surface area contributed by atoms with Crippen LogP contribution in [0.3, 0.4) is 0 Å². The van der Waals surface area contributed by atoms with Gasteiger partial charge in [-0.25, -0.2) is 0 Å². The molecule has 1 saturated heterocycles. The second kappa shape index (κ2) is 6.79. The molecular weight excluding hydrogens is 230 g/mol. The van der Waals surface area contributed by atoms with E-state index in [1.165, 1.54) is 62.0 Å². The minimum absolute atomic E-state index is 0.851. The molecule has 1 heteroatoms. The zero-order valence-electron chi connectivity index (χ0n) is 12.5. The fraction of sp³-hybridized carbons (Fsp3) is 0.556. The largest absolute Gasteiger partial charge is 0.375 e. The zero-order chi connectivity index (χ0) is 13.7. The Kier molecular flexibility index (Phi) is 5.07. The summed E-state index contributed by atoms with van der Waals surface area (Å²) in [4.78, 5) is 2.50. The molecule has 1 heterocycles. The molecular formula is C18H27N. The van der Waals surface area contributed by atoms with Crippen LogP contribution in [0.4, 0.5) is 0 Å². The van der Waals surface area contributed by atoms with Crippen LogP contribution in [0.5, 0.6) is 0 Å². The normalized spacial score (nSPS) is 19.2. The van der Waals surface area contributed by atoms with Crippen LogP contribution in [0.1, 0.15) is 43.7 Å². The van der Waals surface area contributed by atoms with E-state index >= 15 is 0 Å². The van der Waals surface area contributed by atoms with Crippen LogP contribution in [0, 0.1) is 12.8 Å². The Hall–Kier alpha value is -1.24. The Morgan fingerprint density at radius 2 is 1.95 bits per heavy atom. The number of benzene rings is 1. The minimum Gasteiger partial charge on any atom is -0.375 e. The van der Waals surface area contributed by atoms with Crippen molar-refractivity contribution < 1.29 is 0 Å². The van der Waals surface area contributed by atoms with Crippen LogP contribution >= 0.6 is 0 Å². The van der Waals surface area contributed by atoms with E-state index in [9.17, 15) is 0 Å². The van der Waals surface area contributed by atoms with Gasteiger partial charge in [-0.15, -0.1) is 0 Å². The molecule has 1 fully saturated rings. The van der Waals surface area contributed by atoms with Crippen LogP contribution in [-0.2, 0) is 6.42 Å². The van der Waals surface area contributed by atoms with Gasteiger partial charge in [0.2, 0.25) is 0 Å². The van der Waals surface area contributed by atoms with Gasteiger partial charge in [0, 0.05) is 18.8 Å². The molecule has 1 aromatic rings. The highest BCUT2D eigenvalue weighted by atomic mass is 15.2. The van der Waals surface area contributed by atoms with E-state index in [1.54, 1.807) is 0 Å². The molecule has 19 heavy (non-hydrogen) atoms. The number of rotatable bonds is 6. The van der Waals surface area contributed by atoms with E-state index < -0.39 is 0 Å². The standard InChI is InChI=1S/C18H27N/c1-4-17-13-16(3)19(14-17)12-6-5-7-18-10-8-15(2)9-11-18/h8-11,17H,3-7,12-14H2,1-2H3. The fourth-order valence-corrected chi connectivity index (χ4v) is 2.88. The molecule has 0 spiro atoms. The summed E-state index contributed by atoms with van der Waals surface area (Å²) in [5.41, 5.74) is 4.18. The third-order valence-corrected chi connectivity index (χ3v) is 4.29. The highest BCUT2D eigenvalue weighted by Gasteiger charge is 2.22. The molecule has 104 valence electrons. The van der Waals surface area contributed by atoms with Crippen LogP contribution in [-0.4, -0.2) is 18.0 Å². The summed E-state index contributed by atoms with van der Waals surface area (Å²) in [5.74, 6) is 0.851. The lowest BCUT2D eigenvalue weighted by Gasteiger charge is -2.19. The fourth-order valence-electron chi connectivity index (χ4n) is 2.88. The van der Waals surface area contributed by atoms with Gasteiger partial charge in [0.15, 0.2) is 0 Å². The maximum Gasteiger partial charge on any atom is 0.0206 e. The first-order chi connectivity index (χ1) is 9.19. The molecule has 1 aliphatic rings. The van der Waals surface area contributed by atoms with Gasteiger partial charge in [0.25, 0.3) is 0 Å². The van der Waals surface area contributed by atoms with E-state index in [4.69, 9.17) is 0 Å². The molecule has 0 radical (unpaired) electrons. The number of aryl methyl sites for hydroxylation is 2. The predicted molar refractivity (Wildman–Crippen MR) is 83.2 cm³/mol. The molecule has 1 unspecified atom stereocenters. The van der Waals surface area contributed by atoms with Gasteiger partial charge >= 0.3 is 0 Å². The molecule has 1 aromatic carbocycles. The molecule has 0 aromatic heterocycles. The number of hydrogen-bond donors (Lipinski definition) is 0. The van der Waals surface area contributed by atoms with E-state index in [-0.39, 0.29) is 0 Å². The zero-order valence-corrected chi connectivity index (χ0v) is 12.5. The Morgan fingerprint density at radius 1 is 1.21 bits per heavy atom. The van der Waals surface area contributed by atoms with Crippen molar-refractivity contribution in [1.82, 2.24) is 4.90 Å². The average Bonchev–Trinajstić information content (AvgIpc) is 2.77. The molecule has 0 bridgehead atoms. The van der Waals surface area contributed by atoms with Crippen LogP contribution in [0.25, 0.3) is 0 Å². The van der Waals surface area contributed by atoms with Gasteiger partial charge in [-0.1, -0.05) is 49.8 Å². The van der Waals surface area contributed by atoms with E-state index in [0.717, 1.165) is 5.92 Å². The predicted octanol–water partition coefficient (Wildman–Crippen LogP) is 4.56. The number of unbranched alkanes of at least 4 members (excludes halogenated alkanes) is 1. The molecule has 1 aliphatic heterocycles. The van der Waals surface area contributed by atoms with E-state index in [0.29, 0.717) is 0 Å². The van der Waals surface area contributed by atoms with Crippen molar-refractivity contribution in [2.75, 3.05) is 13.1 Å².